The number of ether oxygens (including phenoxy) is 1. The van der Waals surface area contributed by atoms with Gasteiger partial charge in [-0.05, 0) is 36.6 Å². The van der Waals surface area contributed by atoms with E-state index >= 15 is 0 Å². The minimum absolute atomic E-state index is 0.0941. The van der Waals surface area contributed by atoms with Gasteiger partial charge in [-0.1, -0.05) is 36.4 Å². The molecule has 3 nitrogen and oxygen atoms in total. The predicted molar refractivity (Wildman–Crippen MR) is 85.3 cm³/mol. The van der Waals surface area contributed by atoms with Gasteiger partial charge in [0.1, 0.15) is 5.75 Å². The van der Waals surface area contributed by atoms with Crippen molar-refractivity contribution in [1.82, 2.24) is 5.32 Å². The smallest absolute Gasteiger partial charge is 0.120 e. The van der Waals surface area contributed by atoms with Crippen LogP contribution in [0.3, 0.4) is 0 Å². The molecule has 0 spiro atoms. The maximum absolute atomic E-state index is 10.0. The van der Waals surface area contributed by atoms with Crippen molar-refractivity contribution in [3.63, 3.8) is 0 Å². The van der Waals surface area contributed by atoms with Gasteiger partial charge in [0.15, 0.2) is 0 Å². The van der Waals surface area contributed by atoms with E-state index in [2.05, 4.69) is 30.4 Å². The number of aryl methyl sites for hydroxylation is 1. The Hall–Kier alpha value is -1.84. The van der Waals surface area contributed by atoms with Crippen molar-refractivity contribution in [3.05, 3.63) is 64.7 Å². The molecule has 0 saturated heterocycles. The quantitative estimate of drug-likeness (QED) is 0.850. The van der Waals surface area contributed by atoms with Crippen LogP contribution in [0.1, 0.15) is 35.2 Å². The number of nitrogens with one attached hydrogen (secondary N) is 1. The predicted octanol–water partition coefficient (Wildman–Crippen LogP) is 3.70. The monoisotopic (exact) mass is 285 g/mol. The van der Waals surface area contributed by atoms with Crippen LogP contribution in [0.4, 0.5) is 0 Å². The maximum Gasteiger partial charge on any atom is 0.120 e. The highest BCUT2D eigenvalue weighted by atomic mass is 16.5. The van der Waals surface area contributed by atoms with E-state index in [0.717, 1.165) is 17.7 Å². The zero-order valence-corrected chi connectivity index (χ0v) is 12.9. The van der Waals surface area contributed by atoms with E-state index in [1.54, 1.807) is 13.2 Å². The lowest BCUT2D eigenvalue weighted by atomic mass is 10.0. The number of rotatable bonds is 6. The van der Waals surface area contributed by atoms with Crippen LogP contribution in [0, 0.1) is 6.92 Å². The SMILES string of the molecule is COCc1cccc(CNC(C)c2ccc(C)cc2O)c1. The minimum Gasteiger partial charge on any atom is -0.508 e. The number of aromatic hydroxyl groups is 1. The molecule has 2 rings (SSSR count). The normalized spacial score (nSPS) is 12.3. The second-order valence-electron chi connectivity index (χ2n) is 5.42. The summed E-state index contributed by atoms with van der Waals surface area (Å²) in [7, 11) is 1.70. The molecule has 0 aromatic heterocycles. The molecule has 0 bridgehead atoms. The Morgan fingerprint density at radius 1 is 1.14 bits per heavy atom. The molecule has 0 radical (unpaired) electrons. The Balaban J connectivity index is 2.00. The van der Waals surface area contributed by atoms with Crippen LogP contribution in [0.15, 0.2) is 42.5 Å². The summed E-state index contributed by atoms with van der Waals surface area (Å²) in [5.74, 6) is 0.350. The Labute approximate surface area is 126 Å². The van der Waals surface area contributed by atoms with Crippen molar-refractivity contribution >= 4 is 0 Å². The van der Waals surface area contributed by atoms with Crippen LogP contribution >= 0.6 is 0 Å². The molecule has 0 aliphatic rings. The van der Waals surface area contributed by atoms with E-state index in [1.165, 1.54) is 11.1 Å². The van der Waals surface area contributed by atoms with Crippen molar-refractivity contribution in [1.29, 1.82) is 0 Å². The fourth-order valence-corrected chi connectivity index (χ4v) is 2.40. The number of phenols is 1. The molecule has 0 fully saturated rings. The van der Waals surface area contributed by atoms with Crippen LogP contribution in [-0.2, 0) is 17.9 Å². The summed E-state index contributed by atoms with van der Waals surface area (Å²) >= 11 is 0. The van der Waals surface area contributed by atoms with E-state index in [9.17, 15) is 5.11 Å². The third-order valence-electron chi connectivity index (χ3n) is 3.57. The summed E-state index contributed by atoms with van der Waals surface area (Å²) in [5, 5.41) is 13.5. The standard InChI is InChI=1S/C18H23NO2/c1-13-7-8-17(18(20)9-13)14(2)19-11-15-5-4-6-16(10-15)12-21-3/h4-10,14,19-20H,11-12H2,1-3H3. The first kappa shape index (κ1) is 15.5. The lowest BCUT2D eigenvalue weighted by molar-refractivity contribution is 0.185. The molecule has 21 heavy (non-hydrogen) atoms. The lowest BCUT2D eigenvalue weighted by Crippen LogP contribution is -2.18. The van der Waals surface area contributed by atoms with Gasteiger partial charge in [-0.25, -0.2) is 0 Å². The first-order chi connectivity index (χ1) is 10.1. The van der Waals surface area contributed by atoms with E-state index in [-0.39, 0.29) is 6.04 Å². The highest BCUT2D eigenvalue weighted by Crippen LogP contribution is 2.25. The van der Waals surface area contributed by atoms with E-state index < -0.39 is 0 Å². The zero-order valence-electron chi connectivity index (χ0n) is 12.9. The molecule has 0 saturated carbocycles. The van der Waals surface area contributed by atoms with E-state index in [4.69, 9.17) is 4.74 Å². The molecule has 0 aliphatic heterocycles. The van der Waals surface area contributed by atoms with Crippen LogP contribution < -0.4 is 5.32 Å². The number of hydrogen-bond donors (Lipinski definition) is 2. The van der Waals surface area contributed by atoms with Gasteiger partial charge in [0.2, 0.25) is 0 Å². The largest absolute Gasteiger partial charge is 0.508 e. The third-order valence-corrected chi connectivity index (χ3v) is 3.57. The summed E-state index contributed by atoms with van der Waals surface area (Å²) < 4.78 is 5.15. The molecule has 2 aromatic rings. The van der Waals surface area contributed by atoms with Gasteiger partial charge in [0.25, 0.3) is 0 Å². The Kier molecular flexibility index (Phi) is 5.37. The maximum atomic E-state index is 10.0. The minimum atomic E-state index is 0.0941. The van der Waals surface area contributed by atoms with Crippen LogP contribution in [0.25, 0.3) is 0 Å². The molecule has 2 N–H and O–H groups in total. The number of methoxy groups -OCH3 is 1. The number of phenolic OH excluding ortho intramolecular Hbond substituents is 1. The molecule has 112 valence electrons. The summed E-state index contributed by atoms with van der Waals surface area (Å²) in [5.41, 5.74) is 4.37. The first-order valence-electron chi connectivity index (χ1n) is 7.20. The zero-order chi connectivity index (χ0) is 15.2. The summed E-state index contributed by atoms with van der Waals surface area (Å²) in [4.78, 5) is 0. The topological polar surface area (TPSA) is 41.5 Å². The van der Waals surface area contributed by atoms with Crippen LogP contribution in [0.2, 0.25) is 0 Å². The van der Waals surface area contributed by atoms with Gasteiger partial charge in [-0.3, -0.25) is 0 Å². The van der Waals surface area contributed by atoms with Gasteiger partial charge >= 0.3 is 0 Å². The van der Waals surface area contributed by atoms with Gasteiger partial charge < -0.3 is 15.2 Å². The Morgan fingerprint density at radius 3 is 2.62 bits per heavy atom. The third kappa shape index (κ3) is 4.31. The molecule has 3 heteroatoms. The van der Waals surface area contributed by atoms with E-state index in [0.29, 0.717) is 12.4 Å². The van der Waals surface area contributed by atoms with Crippen LogP contribution in [-0.4, -0.2) is 12.2 Å². The second-order valence-corrected chi connectivity index (χ2v) is 5.42. The molecule has 0 aliphatic carbocycles. The fourth-order valence-electron chi connectivity index (χ4n) is 2.40. The Morgan fingerprint density at radius 2 is 1.90 bits per heavy atom. The van der Waals surface area contributed by atoms with Crippen molar-refractivity contribution in [2.24, 2.45) is 0 Å². The van der Waals surface area contributed by atoms with Crippen molar-refractivity contribution < 1.29 is 9.84 Å². The van der Waals surface area contributed by atoms with Gasteiger partial charge in [-0.2, -0.15) is 0 Å². The van der Waals surface area contributed by atoms with Gasteiger partial charge in [0, 0.05) is 25.3 Å². The molecule has 2 aromatic carbocycles. The average molecular weight is 285 g/mol. The molecular formula is C18H23NO2. The average Bonchev–Trinajstić information content (AvgIpc) is 2.45. The van der Waals surface area contributed by atoms with Gasteiger partial charge in [-0.15, -0.1) is 0 Å². The molecular weight excluding hydrogens is 262 g/mol. The highest BCUT2D eigenvalue weighted by molar-refractivity contribution is 5.37. The molecule has 0 amide bonds. The van der Waals surface area contributed by atoms with Crippen LogP contribution in [0.5, 0.6) is 5.75 Å². The number of benzene rings is 2. The molecule has 1 unspecified atom stereocenters. The molecule has 1 atom stereocenters. The second kappa shape index (κ2) is 7.25. The van der Waals surface area contributed by atoms with Gasteiger partial charge in [0.05, 0.1) is 6.61 Å². The van der Waals surface area contributed by atoms with E-state index in [1.807, 2.05) is 25.1 Å². The van der Waals surface area contributed by atoms with Crippen molar-refractivity contribution in [2.75, 3.05) is 7.11 Å². The summed E-state index contributed by atoms with van der Waals surface area (Å²) in [6, 6.07) is 14.2. The summed E-state index contributed by atoms with van der Waals surface area (Å²) in [6.45, 7) is 5.42. The first-order valence-corrected chi connectivity index (χ1v) is 7.20. The lowest BCUT2D eigenvalue weighted by Gasteiger charge is -2.16. The molecule has 0 heterocycles. The van der Waals surface area contributed by atoms with Crippen molar-refractivity contribution in [3.8, 4) is 5.75 Å². The fraction of sp³-hybridized carbons (Fsp3) is 0.333. The summed E-state index contributed by atoms with van der Waals surface area (Å²) in [6.07, 6.45) is 0. The van der Waals surface area contributed by atoms with Crippen molar-refractivity contribution in [2.45, 2.75) is 33.0 Å². The highest BCUT2D eigenvalue weighted by Gasteiger charge is 2.09. The Bertz CT molecular complexity index is 596. The number of hydrogen-bond acceptors (Lipinski definition) is 3.